The lowest BCUT2D eigenvalue weighted by molar-refractivity contribution is -0.139. The van der Waals surface area contributed by atoms with Crippen LogP contribution in [0.1, 0.15) is 22.3 Å². The van der Waals surface area contributed by atoms with Crippen molar-refractivity contribution in [2.75, 3.05) is 12.0 Å². The first kappa shape index (κ1) is 15.4. The fourth-order valence-corrected chi connectivity index (χ4v) is 2.03. The van der Waals surface area contributed by atoms with Crippen molar-refractivity contribution in [3.63, 3.8) is 0 Å². The van der Waals surface area contributed by atoms with Crippen molar-refractivity contribution < 1.29 is 19.8 Å². The molecule has 1 aromatic rings. The third-order valence-corrected chi connectivity index (χ3v) is 3.25. The quantitative estimate of drug-likeness (QED) is 0.739. The highest BCUT2D eigenvalue weighted by atomic mass is 32.2. The van der Waals surface area contributed by atoms with Gasteiger partial charge in [0.1, 0.15) is 11.8 Å². The molecule has 1 aromatic carbocycles. The number of hydrogen-bond acceptors (Lipinski definition) is 4. The summed E-state index contributed by atoms with van der Waals surface area (Å²) >= 11 is 1.51. The Hall–Kier alpha value is -1.69. The molecule has 0 heterocycles. The molecule has 0 spiro atoms. The van der Waals surface area contributed by atoms with Crippen LogP contribution in [0.5, 0.6) is 5.75 Å². The summed E-state index contributed by atoms with van der Waals surface area (Å²) in [5.74, 6) is -1.17. The lowest BCUT2D eigenvalue weighted by Crippen LogP contribution is -2.41. The molecule has 1 rings (SSSR count). The van der Waals surface area contributed by atoms with Gasteiger partial charge in [-0.25, -0.2) is 4.79 Å². The SMILES string of the molecule is CSCC[C@H](NC(=O)c1cc(C)ccc1O)C(=O)O. The number of aromatic hydroxyl groups is 1. The summed E-state index contributed by atoms with van der Waals surface area (Å²) in [5.41, 5.74) is 0.911. The monoisotopic (exact) mass is 283 g/mol. The van der Waals surface area contributed by atoms with Crippen LogP contribution in [-0.2, 0) is 4.79 Å². The molecule has 0 fully saturated rings. The van der Waals surface area contributed by atoms with Gasteiger partial charge in [0, 0.05) is 0 Å². The minimum atomic E-state index is -1.07. The molecule has 0 saturated heterocycles. The van der Waals surface area contributed by atoms with E-state index < -0.39 is 17.9 Å². The van der Waals surface area contributed by atoms with E-state index in [4.69, 9.17) is 5.11 Å². The molecule has 0 unspecified atom stereocenters. The van der Waals surface area contributed by atoms with Crippen LogP contribution in [0.25, 0.3) is 0 Å². The summed E-state index contributed by atoms with van der Waals surface area (Å²) in [6, 6.07) is 3.68. The van der Waals surface area contributed by atoms with Crippen LogP contribution in [0, 0.1) is 6.92 Å². The lowest BCUT2D eigenvalue weighted by atomic mass is 10.1. The van der Waals surface area contributed by atoms with E-state index in [1.54, 1.807) is 13.0 Å². The standard InChI is InChI=1S/C13H17NO4S/c1-8-3-4-11(15)9(7-8)12(16)14-10(13(17)18)5-6-19-2/h3-4,7,10,15H,5-6H2,1-2H3,(H,14,16)(H,17,18)/t10-/m0/s1. The Bertz CT molecular complexity index is 476. The van der Waals surface area contributed by atoms with Gasteiger partial charge in [-0.1, -0.05) is 11.6 Å². The summed E-state index contributed by atoms with van der Waals surface area (Å²) in [6.45, 7) is 1.79. The molecule has 104 valence electrons. The maximum Gasteiger partial charge on any atom is 0.326 e. The Morgan fingerprint density at radius 2 is 2.11 bits per heavy atom. The second-order valence-corrected chi connectivity index (χ2v) is 5.15. The summed E-state index contributed by atoms with van der Waals surface area (Å²) in [5, 5.41) is 21.1. The second-order valence-electron chi connectivity index (χ2n) is 4.17. The molecule has 3 N–H and O–H groups in total. The minimum Gasteiger partial charge on any atom is -0.507 e. The molecule has 0 radical (unpaired) electrons. The van der Waals surface area contributed by atoms with Gasteiger partial charge in [-0.3, -0.25) is 4.79 Å². The van der Waals surface area contributed by atoms with Gasteiger partial charge in [-0.2, -0.15) is 11.8 Å². The van der Waals surface area contributed by atoms with Crippen LogP contribution >= 0.6 is 11.8 Å². The van der Waals surface area contributed by atoms with Crippen molar-refractivity contribution in [2.24, 2.45) is 0 Å². The lowest BCUT2D eigenvalue weighted by Gasteiger charge is -2.14. The predicted molar refractivity (Wildman–Crippen MR) is 74.7 cm³/mol. The summed E-state index contributed by atoms with van der Waals surface area (Å²) in [7, 11) is 0. The van der Waals surface area contributed by atoms with Crippen LogP contribution < -0.4 is 5.32 Å². The number of carbonyl (C=O) groups is 2. The fourth-order valence-electron chi connectivity index (χ4n) is 1.56. The molecule has 19 heavy (non-hydrogen) atoms. The Labute approximate surface area is 116 Å². The maximum atomic E-state index is 12.0. The van der Waals surface area contributed by atoms with Crippen LogP contribution in [0.4, 0.5) is 0 Å². The molecule has 1 atom stereocenters. The smallest absolute Gasteiger partial charge is 0.326 e. The van der Waals surface area contributed by atoms with E-state index in [1.165, 1.54) is 23.9 Å². The topological polar surface area (TPSA) is 86.6 Å². The second kappa shape index (κ2) is 7.04. The van der Waals surface area contributed by atoms with Crippen molar-refractivity contribution in [1.29, 1.82) is 0 Å². The van der Waals surface area contributed by atoms with Gasteiger partial charge in [-0.15, -0.1) is 0 Å². The number of thioether (sulfide) groups is 1. The summed E-state index contributed by atoms with van der Waals surface area (Å²) in [6.07, 6.45) is 2.21. The number of amides is 1. The molecule has 0 aliphatic rings. The Balaban J connectivity index is 2.81. The maximum absolute atomic E-state index is 12.0. The van der Waals surface area contributed by atoms with E-state index in [0.29, 0.717) is 12.2 Å². The molecular weight excluding hydrogens is 266 g/mol. The number of hydrogen-bond donors (Lipinski definition) is 3. The zero-order valence-corrected chi connectivity index (χ0v) is 11.7. The number of aliphatic carboxylic acids is 1. The number of phenolic OH excluding ortho intramolecular Hbond substituents is 1. The van der Waals surface area contributed by atoms with E-state index in [1.807, 2.05) is 6.26 Å². The number of carbonyl (C=O) groups excluding carboxylic acids is 1. The highest BCUT2D eigenvalue weighted by molar-refractivity contribution is 7.98. The first-order valence-electron chi connectivity index (χ1n) is 5.78. The largest absolute Gasteiger partial charge is 0.507 e. The number of benzene rings is 1. The molecule has 0 aliphatic heterocycles. The average Bonchev–Trinajstić information content (AvgIpc) is 2.36. The van der Waals surface area contributed by atoms with Gasteiger partial charge >= 0.3 is 5.97 Å². The van der Waals surface area contributed by atoms with Crippen LogP contribution in [-0.4, -0.2) is 40.1 Å². The van der Waals surface area contributed by atoms with Gasteiger partial charge in [-0.05, 0) is 37.5 Å². The van der Waals surface area contributed by atoms with Crippen LogP contribution in [0.3, 0.4) is 0 Å². The fraction of sp³-hybridized carbons (Fsp3) is 0.385. The van der Waals surface area contributed by atoms with E-state index in [0.717, 1.165) is 5.56 Å². The Morgan fingerprint density at radius 3 is 2.68 bits per heavy atom. The molecule has 1 amide bonds. The van der Waals surface area contributed by atoms with Crippen LogP contribution in [0.2, 0.25) is 0 Å². The molecule has 0 saturated carbocycles. The predicted octanol–water partition coefficient (Wildman–Crippen LogP) is 1.64. The molecule has 0 aliphatic carbocycles. The first-order chi connectivity index (χ1) is 8.95. The van der Waals surface area contributed by atoms with Gasteiger partial charge in [0.05, 0.1) is 5.56 Å². The zero-order chi connectivity index (χ0) is 14.4. The average molecular weight is 283 g/mol. The molecule has 5 nitrogen and oxygen atoms in total. The molecule has 6 heteroatoms. The van der Waals surface area contributed by atoms with Gasteiger partial charge in [0.2, 0.25) is 0 Å². The van der Waals surface area contributed by atoms with Crippen molar-refractivity contribution in [3.05, 3.63) is 29.3 Å². The number of aryl methyl sites for hydroxylation is 1. The van der Waals surface area contributed by atoms with Gasteiger partial charge < -0.3 is 15.5 Å². The third kappa shape index (κ3) is 4.48. The first-order valence-corrected chi connectivity index (χ1v) is 7.17. The van der Waals surface area contributed by atoms with E-state index in [-0.39, 0.29) is 11.3 Å². The van der Waals surface area contributed by atoms with E-state index >= 15 is 0 Å². The highest BCUT2D eigenvalue weighted by Crippen LogP contribution is 2.18. The van der Waals surface area contributed by atoms with Crippen molar-refractivity contribution in [1.82, 2.24) is 5.32 Å². The number of phenols is 1. The van der Waals surface area contributed by atoms with Crippen LogP contribution in [0.15, 0.2) is 18.2 Å². The summed E-state index contributed by atoms with van der Waals surface area (Å²) < 4.78 is 0. The zero-order valence-electron chi connectivity index (χ0n) is 10.8. The van der Waals surface area contributed by atoms with Gasteiger partial charge in [0.15, 0.2) is 0 Å². The van der Waals surface area contributed by atoms with Gasteiger partial charge in [0.25, 0.3) is 5.91 Å². The van der Waals surface area contributed by atoms with Crippen molar-refractivity contribution in [3.8, 4) is 5.75 Å². The summed E-state index contributed by atoms with van der Waals surface area (Å²) in [4.78, 5) is 23.0. The molecule has 0 bridgehead atoms. The number of rotatable bonds is 6. The number of carboxylic acids is 1. The third-order valence-electron chi connectivity index (χ3n) is 2.61. The minimum absolute atomic E-state index is 0.0930. The highest BCUT2D eigenvalue weighted by Gasteiger charge is 2.21. The molecular formula is C13H17NO4S. The normalized spacial score (nSPS) is 11.9. The van der Waals surface area contributed by atoms with Crippen molar-refractivity contribution in [2.45, 2.75) is 19.4 Å². The van der Waals surface area contributed by atoms with E-state index in [9.17, 15) is 14.7 Å². The Morgan fingerprint density at radius 1 is 1.42 bits per heavy atom. The van der Waals surface area contributed by atoms with E-state index in [2.05, 4.69) is 5.32 Å². The number of nitrogens with one attached hydrogen (secondary N) is 1. The molecule has 0 aromatic heterocycles. The van der Waals surface area contributed by atoms with Crippen molar-refractivity contribution >= 4 is 23.6 Å². The Kier molecular flexibility index (Phi) is 5.69. The number of carboxylic acid groups (broad SMARTS) is 1.